The molecule has 1 aromatic carbocycles. The van der Waals surface area contributed by atoms with Gasteiger partial charge in [-0.2, -0.15) is 4.98 Å². The molecule has 2 unspecified atom stereocenters. The SMILES string of the molecule is C=CC(=O)N1CCCC1.CCn1c(-c2cncnc2)c(CC(C)(C)COC=O)c2cc(-c3noc(CC(NC(=O)C(C(C)C)N(C)C=O)C(=O)N4CCCCN4)n3)ccc21. The second kappa shape index (κ2) is 20.8. The summed E-state index contributed by atoms with van der Waals surface area (Å²) in [6, 6.07) is 4.16. The predicted molar refractivity (Wildman–Crippen MR) is 224 cm³/mol. The number of aryl methyl sites for hydroxylation is 1. The van der Waals surface area contributed by atoms with Crippen LogP contribution < -0.4 is 10.7 Å². The van der Waals surface area contributed by atoms with Crippen LogP contribution in [0.4, 0.5) is 0 Å². The molecule has 0 spiro atoms. The molecule has 2 aliphatic rings. The van der Waals surface area contributed by atoms with Crippen LogP contribution in [0.25, 0.3) is 33.5 Å². The fourth-order valence-electron chi connectivity index (χ4n) is 7.85. The first-order valence-corrected chi connectivity index (χ1v) is 20.5. The summed E-state index contributed by atoms with van der Waals surface area (Å²) in [6.07, 6.45) is 11.7. The number of nitrogens with zero attached hydrogens (tertiary/aromatic N) is 8. The second-order valence-corrected chi connectivity index (χ2v) is 16.3. The molecule has 17 heteroatoms. The first-order valence-electron chi connectivity index (χ1n) is 20.5. The van der Waals surface area contributed by atoms with Crippen LogP contribution in [0.3, 0.4) is 0 Å². The molecule has 4 aromatic rings. The van der Waals surface area contributed by atoms with Crippen molar-refractivity contribution in [3.63, 3.8) is 0 Å². The molecule has 2 atom stereocenters. The van der Waals surface area contributed by atoms with Crippen molar-refractivity contribution in [1.82, 2.24) is 50.2 Å². The van der Waals surface area contributed by atoms with E-state index < -0.39 is 23.4 Å². The van der Waals surface area contributed by atoms with Gasteiger partial charge in [-0.25, -0.2) is 15.4 Å². The molecule has 0 radical (unpaired) electrons. The second-order valence-electron chi connectivity index (χ2n) is 16.3. The van der Waals surface area contributed by atoms with Gasteiger partial charge in [0.2, 0.25) is 29.9 Å². The molecule has 322 valence electrons. The molecule has 0 saturated carbocycles. The fraction of sp³-hybridized carbons (Fsp3) is 0.512. The Morgan fingerprint density at radius 2 is 1.78 bits per heavy atom. The Hall–Kier alpha value is -5.97. The summed E-state index contributed by atoms with van der Waals surface area (Å²) in [7, 11) is 1.54. The molecular weight excluding hydrogens is 769 g/mol. The van der Waals surface area contributed by atoms with Crippen molar-refractivity contribution in [1.29, 1.82) is 0 Å². The molecule has 0 bridgehead atoms. The van der Waals surface area contributed by atoms with Crippen molar-refractivity contribution >= 4 is 41.5 Å². The van der Waals surface area contributed by atoms with E-state index in [1.54, 1.807) is 12.4 Å². The minimum atomic E-state index is -1.02. The number of likely N-dealkylation sites (N-methyl/N-ethyl adjacent to an activating group) is 1. The Kier molecular flexibility index (Phi) is 15.7. The van der Waals surface area contributed by atoms with Gasteiger partial charge in [-0.05, 0) is 74.8 Å². The summed E-state index contributed by atoms with van der Waals surface area (Å²) in [5.74, 6) is -0.401. The highest BCUT2D eigenvalue weighted by molar-refractivity contribution is 5.94. The van der Waals surface area contributed by atoms with Crippen LogP contribution in [-0.4, -0.2) is 122 Å². The maximum atomic E-state index is 13.7. The van der Waals surface area contributed by atoms with Gasteiger partial charge in [0, 0.05) is 79.6 Å². The quantitative estimate of drug-likeness (QED) is 0.115. The van der Waals surface area contributed by atoms with E-state index >= 15 is 0 Å². The number of rotatable bonds is 17. The van der Waals surface area contributed by atoms with E-state index in [0.717, 1.165) is 66.5 Å². The van der Waals surface area contributed by atoms with Gasteiger partial charge in [-0.15, -0.1) is 0 Å². The van der Waals surface area contributed by atoms with Crippen LogP contribution in [0.5, 0.6) is 0 Å². The number of hydrazine groups is 1. The summed E-state index contributed by atoms with van der Waals surface area (Å²) in [4.78, 5) is 77.0. The Morgan fingerprint density at radius 1 is 1.07 bits per heavy atom. The zero-order chi connectivity index (χ0) is 43.4. The van der Waals surface area contributed by atoms with E-state index in [0.29, 0.717) is 50.3 Å². The van der Waals surface area contributed by atoms with E-state index in [9.17, 15) is 24.0 Å². The molecule has 3 aromatic heterocycles. The Morgan fingerprint density at radius 3 is 2.40 bits per heavy atom. The van der Waals surface area contributed by atoms with Gasteiger partial charge in [0.1, 0.15) is 18.4 Å². The molecule has 2 aliphatic heterocycles. The van der Waals surface area contributed by atoms with E-state index in [1.165, 1.54) is 29.4 Å². The van der Waals surface area contributed by atoms with Crippen LogP contribution in [-0.2, 0) is 48.1 Å². The van der Waals surface area contributed by atoms with Gasteiger partial charge in [-0.3, -0.25) is 29.0 Å². The van der Waals surface area contributed by atoms with Crippen molar-refractivity contribution in [2.75, 3.05) is 39.8 Å². The highest BCUT2D eigenvalue weighted by Gasteiger charge is 2.34. The Balaban J connectivity index is 0.000000671. The van der Waals surface area contributed by atoms with Crippen LogP contribution in [0.1, 0.15) is 71.8 Å². The Labute approximate surface area is 350 Å². The van der Waals surface area contributed by atoms with E-state index in [1.807, 2.05) is 50.8 Å². The highest BCUT2D eigenvalue weighted by atomic mass is 16.5. The summed E-state index contributed by atoms with van der Waals surface area (Å²) in [6.45, 7) is 17.6. The number of likely N-dealkylation sites (tertiary alicyclic amines) is 1. The van der Waals surface area contributed by atoms with Crippen molar-refractivity contribution in [3.05, 3.63) is 61.0 Å². The highest BCUT2D eigenvalue weighted by Crippen LogP contribution is 2.39. The standard InChI is InChI=1S/C36H47N9O6.C7H11NO/c1-7-44-29-11-10-24(14-26(29)27(16-36(4,5)19-50-22-47)32(44)25-17-37-20-38-18-25)33-41-30(51-42-33)15-28(35(49)45-13-9-8-12-39-45)40-34(48)31(23(2)3)43(6)21-46;1-2-7(9)8-5-3-4-6-8/h10-11,14,17-18,20-23,28,31,39H,7-9,12-13,15-16,19H2,1-6H3,(H,40,48);2H,1,3-6H2. The summed E-state index contributed by atoms with van der Waals surface area (Å²) in [5.41, 5.74) is 7.28. The molecule has 2 N–H and O–H groups in total. The lowest BCUT2D eigenvalue weighted by molar-refractivity contribution is -0.142. The number of fused-ring (bicyclic) bond motifs is 1. The molecular formula is C43H58N10O7. The molecule has 2 fully saturated rings. The maximum absolute atomic E-state index is 13.7. The van der Waals surface area contributed by atoms with Gasteiger partial charge in [-0.1, -0.05) is 39.4 Å². The normalized spacial score (nSPS) is 15.2. The van der Waals surface area contributed by atoms with Crippen LogP contribution in [0.15, 0.2) is 54.1 Å². The lowest BCUT2D eigenvalue weighted by atomic mass is 9.84. The number of amides is 4. The summed E-state index contributed by atoms with van der Waals surface area (Å²) < 4.78 is 13.1. The molecule has 0 aliphatic carbocycles. The summed E-state index contributed by atoms with van der Waals surface area (Å²) in [5, 5.41) is 9.62. The van der Waals surface area contributed by atoms with Gasteiger partial charge in [0.15, 0.2) is 0 Å². The summed E-state index contributed by atoms with van der Waals surface area (Å²) >= 11 is 0. The maximum Gasteiger partial charge on any atom is 0.293 e. The monoisotopic (exact) mass is 826 g/mol. The van der Waals surface area contributed by atoms with Gasteiger partial charge in [0.05, 0.1) is 18.7 Å². The number of carbonyl (C=O) groups excluding carboxylic acids is 5. The third-order valence-corrected chi connectivity index (χ3v) is 10.7. The van der Waals surface area contributed by atoms with Crippen molar-refractivity contribution in [3.8, 4) is 22.6 Å². The lowest BCUT2D eigenvalue weighted by Gasteiger charge is -2.33. The zero-order valence-corrected chi connectivity index (χ0v) is 35.6. The number of hydrogen-bond donors (Lipinski definition) is 2. The average molecular weight is 827 g/mol. The number of aromatic nitrogens is 5. The van der Waals surface area contributed by atoms with Crippen molar-refractivity contribution < 1.29 is 33.2 Å². The van der Waals surface area contributed by atoms with Gasteiger partial charge < -0.3 is 28.9 Å². The minimum Gasteiger partial charge on any atom is -0.467 e. The number of benzene rings is 1. The molecule has 2 saturated heterocycles. The molecule has 17 nitrogen and oxygen atoms in total. The van der Waals surface area contributed by atoms with Crippen molar-refractivity contribution in [2.45, 2.75) is 91.8 Å². The van der Waals surface area contributed by atoms with Crippen LogP contribution in [0.2, 0.25) is 0 Å². The molecule has 4 amide bonds. The largest absolute Gasteiger partial charge is 0.467 e. The zero-order valence-electron chi connectivity index (χ0n) is 35.6. The number of ether oxygens (including phenoxy) is 1. The third-order valence-electron chi connectivity index (χ3n) is 10.7. The van der Waals surface area contributed by atoms with Gasteiger partial charge >= 0.3 is 0 Å². The predicted octanol–water partition coefficient (Wildman–Crippen LogP) is 3.97. The first kappa shape index (κ1) is 45.1. The van der Waals surface area contributed by atoms with E-state index in [2.05, 4.69) is 48.9 Å². The van der Waals surface area contributed by atoms with E-state index in [-0.39, 0.29) is 36.7 Å². The smallest absolute Gasteiger partial charge is 0.293 e. The lowest BCUT2D eigenvalue weighted by Crippen LogP contribution is -2.59. The van der Waals surface area contributed by atoms with Crippen molar-refractivity contribution in [2.24, 2.45) is 11.3 Å². The number of nitrogens with one attached hydrogen (secondary N) is 2. The Bertz CT molecular complexity index is 2100. The minimum absolute atomic E-state index is 0.0475. The van der Waals surface area contributed by atoms with Gasteiger partial charge in [0.25, 0.3) is 12.4 Å². The molecule has 6 rings (SSSR count). The fourth-order valence-corrected chi connectivity index (χ4v) is 7.85. The van der Waals surface area contributed by atoms with E-state index in [4.69, 9.17) is 9.26 Å². The number of carbonyl (C=O) groups is 5. The van der Waals surface area contributed by atoms with Crippen LogP contribution in [0, 0.1) is 11.3 Å². The molecule has 5 heterocycles. The average Bonchev–Trinajstić information content (AvgIpc) is 4.03. The topological polar surface area (TPSA) is 198 Å². The van der Waals surface area contributed by atoms with Crippen LogP contribution >= 0.6 is 0 Å². The molecule has 60 heavy (non-hydrogen) atoms. The first-order chi connectivity index (χ1) is 28.8. The third kappa shape index (κ3) is 11.0. The number of hydrogen-bond acceptors (Lipinski definition) is 12.